The normalized spacial score (nSPS) is 19.5. The lowest BCUT2D eigenvalue weighted by atomic mass is 10.2. The zero-order chi connectivity index (χ0) is 12.6. The number of nitriles is 1. The van der Waals surface area contributed by atoms with Crippen molar-refractivity contribution in [3.63, 3.8) is 0 Å². The van der Waals surface area contributed by atoms with Crippen molar-refractivity contribution in [3.05, 3.63) is 29.3 Å². The molecule has 88 valence electrons. The number of anilines is 1. The summed E-state index contributed by atoms with van der Waals surface area (Å²) in [7, 11) is 0. The van der Waals surface area contributed by atoms with E-state index in [0.717, 1.165) is 17.0 Å². The molecule has 0 aromatic heterocycles. The average Bonchev–Trinajstić information content (AvgIpc) is 2.60. The number of carbonyl (C=O) groups excluding carboxylic acids is 1. The van der Waals surface area contributed by atoms with Crippen LogP contribution in [0.5, 0.6) is 0 Å². The molecule has 1 fully saturated rings. The smallest absolute Gasteiger partial charge is 0.228 e. The Morgan fingerprint density at radius 3 is 2.65 bits per heavy atom. The Kier molecular flexibility index (Phi) is 2.77. The second-order valence-corrected chi connectivity index (χ2v) is 3.86. The molecule has 2 rings (SSSR count). The molecule has 0 spiro atoms. The molecule has 0 aliphatic carbocycles. The summed E-state index contributed by atoms with van der Waals surface area (Å²) in [5.41, 5.74) is 5.01. The Morgan fingerprint density at radius 2 is 2.12 bits per heavy atom. The number of rotatable bonds is 1. The molecule has 0 saturated carbocycles. The van der Waals surface area contributed by atoms with Gasteiger partial charge in [-0.1, -0.05) is 0 Å². The number of benzene rings is 1. The van der Waals surface area contributed by atoms with Gasteiger partial charge in [-0.25, -0.2) is 8.78 Å². The Hall–Kier alpha value is -2.00. The maximum absolute atomic E-state index is 13.6. The van der Waals surface area contributed by atoms with Gasteiger partial charge in [0.15, 0.2) is 0 Å². The number of amides is 1. The zero-order valence-corrected chi connectivity index (χ0v) is 8.78. The Labute approximate surface area is 96.2 Å². The lowest BCUT2D eigenvalue weighted by Gasteiger charge is -2.17. The zero-order valence-electron chi connectivity index (χ0n) is 8.78. The molecule has 6 heteroatoms. The molecule has 17 heavy (non-hydrogen) atoms. The monoisotopic (exact) mass is 237 g/mol. The first kappa shape index (κ1) is 11.5. The second kappa shape index (κ2) is 4.11. The van der Waals surface area contributed by atoms with Gasteiger partial charge in [0.25, 0.3) is 0 Å². The highest BCUT2D eigenvalue weighted by Gasteiger charge is 2.30. The quantitative estimate of drug-likeness (QED) is 0.788. The first-order chi connectivity index (χ1) is 8.02. The molecule has 1 saturated heterocycles. The Bertz CT molecular complexity index is 524. The van der Waals surface area contributed by atoms with E-state index in [2.05, 4.69) is 0 Å². The highest BCUT2D eigenvalue weighted by atomic mass is 19.1. The predicted molar refractivity (Wildman–Crippen MR) is 56.0 cm³/mol. The molecule has 1 aliphatic heterocycles. The van der Waals surface area contributed by atoms with Crippen molar-refractivity contribution in [2.24, 2.45) is 5.73 Å². The minimum atomic E-state index is -0.850. The van der Waals surface area contributed by atoms with Crippen LogP contribution in [0.2, 0.25) is 0 Å². The van der Waals surface area contributed by atoms with E-state index in [0.29, 0.717) is 0 Å². The van der Waals surface area contributed by atoms with Gasteiger partial charge < -0.3 is 10.6 Å². The highest BCUT2D eigenvalue weighted by molar-refractivity contribution is 5.96. The van der Waals surface area contributed by atoms with E-state index in [1.54, 1.807) is 0 Å². The maximum atomic E-state index is 13.6. The SMILES string of the molecule is N#Cc1cc(F)c(N2CC(N)CC2=O)cc1F. The van der Waals surface area contributed by atoms with Crippen molar-refractivity contribution in [3.8, 4) is 6.07 Å². The number of nitrogens with zero attached hydrogens (tertiary/aromatic N) is 2. The van der Waals surface area contributed by atoms with E-state index in [9.17, 15) is 13.6 Å². The van der Waals surface area contributed by atoms with Gasteiger partial charge in [0.05, 0.1) is 11.3 Å². The van der Waals surface area contributed by atoms with E-state index in [1.165, 1.54) is 6.07 Å². The van der Waals surface area contributed by atoms with Crippen LogP contribution in [-0.2, 0) is 4.79 Å². The van der Waals surface area contributed by atoms with Crippen LogP contribution in [0.25, 0.3) is 0 Å². The van der Waals surface area contributed by atoms with Crippen LogP contribution in [0, 0.1) is 23.0 Å². The van der Waals surface area contributed by atoms with Crippen LogP contribution in [0.3, 0.4) is 0 Å². The lowest BCUT2D eigenvalue weighted by molar-refractivity contribution is -0.117. The highest BCUT2D eigenvalue weighted by Crippen LogP contribution is 2.26. The van der Waals surface area contributed by atoms with Crippen LogP contribution >= 0.6 is 0 Å². The summed E-state index contributed by atoms with van der Waals surface area (Å²) in [6.07, 6.45) is 0.112. The van der Waals surface area contributed by atoms with Gasteiger partial charge in [-0.15, -0.1) is 0 Å². The van der Waals surface area contributed by atoms with Crippen LogP contribution in [0.1, 0.15) is 12.0 Å². The summed E-state index contributed by atoms with van der Waals surface area (Å²) in [5.74, 6) is -2.00. The second-order valence-electron chi connectivity index (χ2n) is 3.86. The summed E-state index contributed by atoms with van der Waals surface area (Å²) in [5, 5.41) is 8.54. The molecular formula is C11H9F2N3O. The number of hydrogen-bond acceptors (Lipinski definition) is 3. The molecule has 1 aromatic rings. The Morgan fingerprint density at radius 1 is 1.41 bits per heavy atom. The predicted octanol–water partition coefficient (Wildman–Crippen LogP) is 0.900. The molecule has 4 nitrogen and oxygen atoms in total. The van der Waals surface area contributed by atoms with Crippen molar-refractivity contribution >= 4 is 11.6 Å². The summed E-state index contributed by atoms with van der Waals surface area (Å²) in [4.78, 5) is 12.6. The topological polar surface area (TPSA) is 70.1 Å². The van der Waals surface area contributed by atoms with Gasteiger partial charge in [-0.2, -0.15) is 5.26 Å². The van der Waals surface area contributed by atoms with Crippen molar-refractivity contribution < 1.29 is 13.6 Å². The van der Waals surface area contributed by atoms with Crippen molar-refractivity contribution in [2.45, 2.75) is 12.5 Å². The van der Waals surface area contributed by atoms with Crippen LogP contribution in [-0.4, -0.2) is 18.5 Å². The molecular weight excluding hydrogens is 228 g/mol. The minimum Gasteiger partial charge on any atom is -0.326 e. The largest absolute Gasteiger partial charge is 0.326 e. The van der Waals surface area contributed by atoms with E-state index in [1.807, 2.05) is 0 Å². The third kappa shape index (κ3) is 1.97. The lowest BCUT2D eigenvalue weighted by Crippen LogP contribution is -2.28. The number of hydrogen-bond donors (Lipinski definition) is 1. The number of halogens is 2. The van der Waals surface area contributed by atoms with Crippen LogP contribution in [0.4, 0.5) is 14.5 Å². The molecule has 1 atom stereocenters. The van der Waals surface area contributed by atoms with Crippen LogP contribution in [0.15, 0.2) is 12.1 Å². The van der Waals surface area contributed by atoms with E-state index in [-0.39, 0.29) is 36.2 Å². The van der Waals surface area contributed by atoms with Crippen LogP contribution < -0.4 is 10.6 Å². The van der Waals surface area contributed by atoms with Gasteiger partial charge in [-0.3, -0.25) is 4.79 Å². The third-order valence-electron chi connectivity index (χ3n) is 2.60. The summed E-state index contributed by atoms with van der Waals surface area (Å²) >= 11 is 0. The molecule has 1 amide bonds. The minimum absolute atomic E-state index is 0.112. The van der Waals surface area contributed by atoms with E-state index in [4.69, 9.17) is 11.0 Å². The van der Waals surface area contributed by atoms with E-state index < -0.39 is 11.6 Å². The molecule has 2 N–H and O–H groups in total. The summed E-state index contributed by atoms with van der Waals surface area (Å²) in [6.45, 7) is 0.154. The first-order valence-electron chi connectivity index (χ1n) is 4.98. The van der Waals surface area contributed by atoms with Gasteiger partial charge in [0, 0.05) is 25.1 Å². The molecule has 1 aromatic carbocycles. The summed E-state index contributed by atoms with van der Waals surface area (Å²) < 4.78 is 27.0. The standard InChI is InChI=1S/C11H9F2N3O/c12-8-3-10(9(13)1-6(8)4-14)16-5-7(15)2-11(16)17/h1,3,7H,2,5,15H2. The fourth-order valence-electron chi connectivity index (χ4n) is 1.80. The fraction of sp³-hybridized carbons (Fsp3) is 0.273. The third-order valence-corrected chi connectivity index (χ3v) is 2.60. The van der Waals surface area contributed by atoms with Crippen molar-refractivity contribution in [1.82, 2.24) is 0 Å². The Balaban J connectivity index is 2.44. The molecule has 0 radical (unpaired) electrons. The molecule has 1 aliphatic rings. The van der Waals surface area contributed by atoms with Crippen molar-refractivity contribution in [2.75, 3.05) is 11.4 Å². The van der Waals surface area contributed by atoms with Gasteiger partial charge in [0.1, 0.15) is 17.7 Å². The van der Waals surface area contributed by atoms with Crippen molar-refractivity contribution in [1.29, 1.82) is 5.26 Å². The van der Waals surface area contributed by atoms with Gasteiger partial charge >= 0.3 is 0 Å². The molecule has 1 heterocycles. The number of nitrogens with two attached hydrogens (primary N) is 1. The van der Waals surface area contributed by atoms with Gasteiger partial charge in [0.2, 0.25) is 5.91 Å². The molecule has 1 unspecified atom stereocenters. The first-order valence-corrected chi connectivity index (χ1v) is 4.98. The molecule has 0 bridgehead atoms. The fourth-order valence-corrected chi connectivity index (χ4v) is 1.80. The summed E-state index contributed by atoms with van der Waals surface area (Å²) in [6, 6.07) is 2.79. The number of carbonyl (C=O) groups is 1. The maximum Gasteiger partial charge on any atom is 0.228 e. The van der Waals surface area contributed by atoms with E-state index >= 15 is 0 Å². The average molecular weight is 237 g/mol. The van der Waals surface area contributed by atoms with Gasteiger partial charge in [-0.05, 0) is 6.07 Å².